The largest absolute Gasteiger partial charge is 0.349 e. The molecule has 1 amide bonds. The Labute approximate surface area is 135 Å². The average Bonchev–Trinajstić information content (AvgIpc) is 3.12. The minimum absolute atomic E-state index is 0.0311. The number of nitrogens with one attached hydrogen (secondary N) is 1. The van der Waals surface area contributed by atoms with E-state index in [4.69, 9.17) is 28.9 Å². The van der Waals surface area contributed by atoms with Gasteiger partial charge < -0.3 is 11.1 Å². The van der Waals surface area contributed by atoms with Gasteiger partial charge in [0.15, 0.2) is 0 Å². The molecule has 0 heterocycles. The molecule has 2 aliphatic rings. The molecule has 0 bridgehead atoms. The van der Waals surface area contributed by atoms with Gasteiger partial charge in [-0.15, -0.1) is 0 Å². The fraction of sp³-hybridized carbons (Fsp3) is 0.562. The smallest absolute Gasteiger partial charge is 0.224 e. The van der Waals surface area contributed by atoms with E-state index in [1.807, 2.05) is 12.1 Å². The van der Waals surface area contributed by atoms with Crippen molar-refractivity contribution in [2.24, 2.45) is 11.7 Å². The summed E-state index contributed by atoms with van der Waals surface area (Å²) in [4.78, 5) is 12.4. The Balaban J connectivity index is 1.65. The van der Waals surface area contributed by atoms with Crippen LogP contribution in [0.25, 0.3) is 0 Å². The van der Waals surface area contributed by atoms with Crippen LogP contribution in [0.5, 0.6) is 0 Å². The molecule has 21 heavy (non-hydrogen) atoms. The normalized spacial score (nSPS) is 26.6. The van der Waals surface area contributed by atoms with Crippen LogP contribution in [0, 0.1) is 5.92 Å². The molecule has 2 saturated carbocycles. The summed E-state index contributed by atoms with van der Waals surface area (Å²) in [7, 11) is 0. The molecule has 2 aliphatic carbocycles. The molecule has 5 heteroatoms. The van der Waals surface area contributed by atoms with E-state index in [1.54, 1.807) is 6.07 Å². The van der Waals surface area contributed by atoms with Crippen molar-refractivity contribution >= 4 is 29.1 Å². The van der Waals surface area contributed by atoms with E-state index >= 15 is 0 Å². The molecule has 2 fully saturated rings. The van der Waals surface area contributed by atoms with Crippen LogP contribution in [-0.2, 0) is 4.79 Å². The highest BCUT2D eigenvalue weighted by atomic mass is 35.5. The predicted octanol–water partition coefficient (Wildman–Crippen LogP) is 3.48. The van der Waals surface area contributed by atoms with Gasteiger partial charge in [0.25, 0.3) is 0 Å². The second-order valence-corrected chi connectivity index (χ2v) is 7.21. The Morgan fingerprint density at radius 1 is 1.24 bits per heavy atom. The average molecular weight is 327 g/mol. The number of halogens is 2. The molecule has 0 saturated heterocycles. The zero-order valence-electron chi connectivity index (χ0n) is 11.9. The second kappa shape index (κ2) is 5.79. The molecule has 1 aromatic carbocycles. The van der Waals surface area contributed by atoms with Crippen LogP contribution in [0.2, 0.25) is 10.0 Å². The summed E-state index contributed by atoms with van der Waals surface area (Å²) in [5, 5.41) is 4.45. The monoisotopic (exact) mass is 326 g/mol. The molecule has 2 unspecified atom stereocenters. The van der Waals surface area contributed by atoms with E-state index in [0.717, 1.165) is 37.7 Å². The lowest BCUT2D eigenvalue weighted by atomic mass is 9.97. The minimum atomic E-state index is -0.170. The zero-order chi connectivity index (χ0) is 15.0. The fourth-order valence-electron chi connectivity index (χ4n) is 3.43. The van der Waals surface area contributed by atoms with Gasteiger partial charge in [0, 0.05) is 22.5 Å². The third-order valence-electron chi connectivity index (χ3n) is 4.78. The zero-order valence-corrected chi connectivity index (χ0v) is 13.4. The summed E-state index contributed by atoms with van der Waals surface area (Å²) in [5.74, 6) is 0.393. The number of carbonyl (C=O) groups excluding carboxylic acids is 1. The Hall–Kier alpha value is -0.770. The summed E-state index contributed by atoms with van der Waals surface area (Å²) >= 11 is 12.1. The van der Waals surface area contributed by atoms with Crippen molar-refractivity contribution in [2.75, 3.05) is 6.54 Å². The summed E-state index contributed by atoms with van der Waals surface area (Å²) in [5.41, 5.74) is 6.76. The van der Waals surface area contributed by atoms with E-state index < -0.39 is 0 Å². The lowest BCUT2D eigenvalue weighted by Gasteiger charge is -2.28. The third-order valence-corrected chi connectivity index (χ3v) is 5.22. The van der Waals surface area contributed by atoms with Crippen LogP contribution in [0.3, 0.4) is 0 Å². The number of hydrogen-bond donors (Lipinski definition) is 2. The molecular weight excluding hydrogens is 307 g/mol. The number of benzene rings is 1. The van der Waals surface area contributed by atoms with Crippen molar-refractivity contribution in [3.63, 3.8) is 0 Å². The van der Waals surface area contributed by atoms with E-state index in [2.05, 4.69) is 5.32 Å². The van der Waals surface area contributed by atoms with Gasteiger partial charge in [-0.05, 0) is 48.9 Å². The molecule has 2 atom stereocenters. The van der Waals surface area contributed by atoms with Gasteiger partial charge in [0.1, 0.15) is 0 Å². The number of rotatable bonds is 4. The van der Waals surface area contributed by atoms with Gasteiger partial charge in [0.2, 0.25) is 5.91 Å². The highest BCUT2D eigenvalue weighted by Crippen LogP contribution is 2.49. The van der Waals surface area contributed by atoms with E-state index in [1.165, 1.54) is 0 Å². The first kappa shape index (κ1) is 15.1. The third kappa shape index (κ3) is 3.20. The Bertz CT molecular complexity index is 535. The molecule has 0 spiro atoms. The number of carbonyl (C=O) groups is 1. The van der Waals surface area contributed by atoms with Crippen LogP contribution in [0.15, 0.2) is 18.2 Å². The summed E-state index contributed by atoms with van der Waals surface area (Å²) in [6, 6.07) is 5.52. The van der Waals surface area contributed by atoms with Crippen molar-refractivity contribution < 1.29 is 4.79 Å². The Kier molecular flexibility index (Phi) is 4.17. The predicted molar refractivity (Wildman–Crippen MR) is 85.7 cm³/mol. The standard InChI is InChI=1S/C16H20Cl2N2O/c17-11-5-10(6-12(18)7-11)13-8-14(13)15(21)20-16(9-19)3-1-2-4-16/h5-7,13-14H,1-4,8-9,19H2,(H,20,21). The Morgan fingerprint density at radius 2 is 1.86 bits per heavy atom. The first-order chi connectivity index (χ1) is 10.0. The van der Waals surface area contributed by atoms with E-state index in [-0.39, 0.29) is 23.3 Å². The lowest BCUT2D eigenvalue weighted by Crippen LogP contribution is -2.52. The Morgan fingerprint density at radius 3 is 2.43 bits per heavy atom. The van der Waals surface area contributed by atoms with Gasteiger partial charge >= 0.3 is 0 Å². The maximum absolute atomic E-state index is 12.4. The molecular formula is C16H20Cl2N2O. The molecule has 3 rings (SSSR count). The number of hydrogen-bond acceptors (Lipinski definition) is 2. The van der Waals surface area contributed by atoms with Crippen LogP contribution in [0.1, 0.15) is 43.6 Å². The maximum Gasteiger partial charge on any atom is 0.224 e. The number of amides is 1. The second-order valence-electron chi connectivity index (χ2n) is 6.33. The molecule has 1 aromatic rings. The van der Waals surface area contributed by atoms with Crippen LogP contribution in [0.4, 0.5) is 0 Å². The van der Waals surface area contributed by atoms with Crippen LogP contribution in [-0.4, -0.2) is 18.0 Å². The lowest BCUT2D eigenvalue weighted by molar-refractivity contribution is -0.124. The molecule has 3 N–H and O–H groups in total. The summed E-state index contributed by atoms with van der Waals surface area (Å²) in [6.45, 7) is 0.527. The first-order valence-electron chi connectivity index (χ1n) is 7.51. The first-order valence-corrected chi connectivity index (χ1v) is 8.27. The van der Waals surface area contributed by atoms with Crippen LogP contribution >= 0.6 is 23.2 Å². The van der Waals surface area contributed by atoms with Crippen molar-refractivity contribution in [2.45, 2.75) is 43.6 Å². The van der Waals surface area contributed by atoms with Crippen molar-refractivity contribution in [1.82, 2.24) is 5.32 Å². The minimum Gasteiger partial charge on any atom is -0.349 e. The van der Waals surface area contributed by atoms with Gasteiger partial charge in [-0.1, -0.05) is 36.0 Å². The fourth-order valence-corrected chi connectivity index (χ4v) is 3.97. The van der Waals surface area contributed by atoms with Gasteiger partial charge in [-0.2, -0.15) is 0 Å². The molecule has 0 aliphatic heterocycles. The molecule has 114 valence electrons. The van der Waals surface area contributed by atoms with Gasteiger partial charge in [0.05, 0.1) is 5.54 Å². The number of nitrogens with two attached hydrogens (primary N) is 1. The summed E-state index contributed by atoms with van der Waals surface area (Å²) in [6.07, 6.45) is 5.15. The van der Waals surface area contributed by atoms with Crippen LogP contribution < -0.4 is 11.1 Å². The van der Waals surface area contributed by atoms with E-state index in [0.29, 0.717) is 16.6 Å². The van der Waals surface area contributed by atoms with Crippen molar-refractivity contribution in [3.05, 3.63) is 33.8 Å². The van der Waals surface area contributed by atoms with Gasteiger partial charge in [-0.3, -0.25) is 4.79 Å². The van der Waals surface area contributed by atoms with Crippen molar-refractivity contribution in [1.29, 1.82) is 0 Å². The summed E-state index contributed by atoms with van der Waals surface area (Å²) < 4.78 is 0. The topological polar surface area (TPSA) is 55.1 Å². The highest BCUT2D eigenvalue weighted by molar-refractivity contribution is 6.34. The maximum atomic E-state index is 12.4. The molecule has 0 aromatic heterocycles. The van der Waals surface area contributed by atoms with Gasteiger partial charge in [-0.25, -0.2) is 0 Å². The van der Waals surface area contributed by atoms with Crippen molar-refractivity contribution in [3.8, 4) is 0 Å². The highest BCUT2D eigenvalue weighted by Gasteiger charge is 2.46. The quantitative estimate of drug-likeness (QED) is 0.889. The molecule has 3 nitrogen and oxygen atoms in total. The van der Waals surface area contributed by atoms with E-state index in [9.17, 15) is 4.79 Å². The molecule has 0 radical (unpaired) electrons. The SMILES string of the molecule is NCC1(NC(=O)C2CC2c2cc(Cl)cc(Cl)c2)CCCC1.